The molecular weight excluding hydrogens is 288 g/mol. The van der Waals surface area contributed by atoms with Crippen molar-refractivity contribution in [1.29, 1.82) is 0 Å². The molecule has 0 aliphatic rings. The fourth-order valence-corrected chi connectivity index (χ4v) is 2.15. The molecule has 0 saturated carbocycles. The number of carbonyl (C=O) groups excluding carboxylic acids is 1. The van der Waals surface area contributed by atoms with Crippen LogP contribution < -0.4 is 11.1 Å². The number of benzene rings is 1. The Morgan fingerprint density at radius 3 is 2.71 bits per heavy atom. The van der Waals surface area contributed by atoms with Crippen molar-refractivity contribution in [2.24, 2.45) is 11.1 Å². The minimum Gasteiger partial charge on any atom is -0.323 e. The molecule has 3 N–H and O–H groups in total. The predicted octanol–water partition coefficient (Wildman–Crippen LogP) is 2.84. The molecule has 5 nitrogen and oxygen atoms in total. The first kappa shape index (κ1) is 15.5. The fourth-order valence-electron chi connectivity index (χ4n) is 1.87. The number of para-hydroxylation sites is 1. The van der Waals surface area contributed by atoms with E-state index in [0.29, 0.717) is 16.4 Å². The van der Waals surface area contributed by atoms with Crippen molar-refractivity contribution in [3.8, 4) is 5.69 Å². The van der Waals surface area contributed by atoms with Gasteiger partial charge in [0.1, 0.15) is 0 Å². The third-order valence-electron chi connectivity index (χ3n) is 3.22. The Hall–Kier alpha value is -1.85. The molecule has 2 rings (SSSR count). The van der Waals surface area contributed by atoms with Crippen molar-refractivity contribution < 1.29 is 4.79 Å². The van der Waals surface area contributed by atoms with Gasteiger partial charge in [-0.05, 0) is 17.5 Å². The van der Waals surface area contributed by atoms with Crippen LogP contribution in [0.25, 0.3) is 5.69 Å². The van der Waals surface area contributed by atoms with Crippen LogP contribution in [-0.4, -0.2) is 21.5 Å². The highest BCUT2D eigenvalue weighted by molar-refractivity contribution is 6.33. The van der Waals surface area contributed by atoms with Crippen LogP contribution in [0.2, 0.25) is 5.02 Å². The molecule has 1 aromatic heterocycles. The second-order valence-corrected chi connectivity index (χ2v) is 6.35. The lowest BCUT2D eigenvalue weighted by molar-refractivity contribution is -0.119. The van der Waals surface area contributed by atoms with E-state index in [0.717, 1.165) is 0 Å². The minimum absolute atomic E-state index is 0.244. The molecule has 0 aliphatic heterocycles. The summed E-state index contributed by atoms with van der Waals surface area (Å²) in [5.74, 6) is -0.244. The number of anilines is 1. The summed E-state index contributed by atoms with van der Waals surface area (Å²) in [4.78, 5) is 16.3. The van der Waals surface area contributed by atoms with Gasteiger partial charge in [-0.3, -0.25) is 4.79 Å². The molecule has 112 valence electrons. The zero-order valence-electron chi connectivity index (χ0n) is 12.3. The molecule has 0 radical (unpaired) electrons. The van der Waals surface area contributed by atoms with Crippen LogP contribution in [0.15, 0.2) is 36.9 Å². The van der Waals surface area contributed by atoms with Crippen LogP contribution >= 0.6 is 11.6 Å². The summed E-state index contributed by atoms with van der Waals surface area (Å²) in [7, 11) is 0. The van der Waals surface area contributed by atoms with Gasteiger partial charge in [0.25, 0.3) is 0 Å². The van der Waals surface area contributed by atoms with Gasteiger partial charge in [-0.25, -0.2) is 4.98 Å². The maximum absolute atomic E-state index is 12.3. The van der Waals surface area contributed by atoms with Gasteiger partial charge in [0.15, 0.2) is 0 Å². The summed E-state index contributed by atoms with van der Waals surface area (Å²) in [5.41, 5.74) is 6.94. The number of nitrogens with two attached hydrogens (primary N) is 1. The van der Waals surface area contributed by atoms with Crippen LogP contribution in [0, 0.1) is 5.41 Å². The molecule has 0 unspecified atom stereocenters. The molecule has 1 heterocycles. The number of carbonyl (C=O) groups is 1. The Morgan fingerprint density at radius 2 is 2.14 bits per heavy atom. The van der Waals surface area contributed by atoms with Crippen molar-refractivity contribution in [1.82, 2.24) is 9.55 Å². The van der Waals surface area contributed by atoms with Crippen LogP contribution in [-0.2, 0) is 4.79 Å². The molecule has 0 bridgehead atoms. The Kier molecular flexibility index (Phi) is 4.34. The SMILES string of the molecule is CC(C)(C)[C@@H](N)C(=O)Nc1cccc(Cl)c1-n1ccnc1. The Morgan fingerprint density at radius 1 is 1.43 bits per heavy atom. The molecule has 6 heteroatoms. The average Bonchev–Trinajstić information content (AvgIpc) is 2.90. The van der Waals surface area contributed by atoms with E-state index >= 15 is 0 Å². The highest BCUT2D eigenvalue weighted by Crippen LogP contribution is 2.29. The van der Waals surface area contributed by atoms with Crippen molar-refractivity contribution in [3.63, 3.8) is 0 Å². The first-order chi connectivity index (χ1) is 9.80. The van der Waals surface area contributed by atoms with Crippen molar-refractivity contribution in [2.45, 2.75) is 26.8 Å². The van der Waals surface area contributed by atoms with Crippen molar-refractivity contribution in [2.75, 3.05) is 5.32 Å². The highest BCUT2D eigenvalue weighted by Gasteiger charge is 2.28. The predicted molar refractivity (Wildman–Crippen MR) is 84.6 cm³/mol. The molecule has 0 spiro atoms. The first-order valence-electron chi connectivity index (χ1n) is 6.64. The second kappa shape index (κ2) is 5.87. The van der Waals surface area contributed by atoms with Gasteiger partial charge in [0, 0.05) is 12.4 Å². The average molecular weight is 307 g/mol. The number of aromatic nitrogens is 2. The maximum Gasteiger partial charge on any atom is 0.241 e. The molecule has 0 fully saturated rings. The monoisotopic (exact) mass is 306 g/mol. The maximum atomic E-state index is 12.3. The summed E-state index contributed by atoms with van der Waals surface area (Å²) >= 11 is 6.24. The smallest absolute Gasteiger partial charge is 0.241 e. The largest absolute Gasteiger partial charge is 0.323 e. The zero-order chi connectivity index (χ0) is 15.6. The third-order valence-corrected chi connectivity index (χ3v) is 3.53. The van der Waals surface area contributed by atoms with E-state index < -0.39 is 6.04 Å². The number of nitrogens with one attached hydrogen (secondary N) is 1. The molecule has 2 aromatic rings. The van der Waals surface area contributed by atoms with Gasteiger partial charge in [-0.15, -0.1) is 0 Å². The van der Waals surface area contributed by atoms with E-state index in [2.05, 4.69) is 10.3 Å². The van der Waals surface area contributed by atoms with Crippen LogP contribution in [0.3, 0.4) is 0 Å². The Balaban J connectivity index is 2.34. The molecule has 1 aromatic carbocycles. The summed E-state index contributed by atoms with van der Waals surface area (Å²) in [6, 6.07) is 4.71. The molecular formula is C15H19ClN4O. The molecule has 1 atom stereocenters. The van der Waals surface area contributed by atoms with Crippen molar-refractivity contribution in [3.05, 3.63) is 41.9 Å². The van der Waals surface area contributed by atoms with Gasteiger partial charge in [-0.1, -0.05) is 38.4 Å². The van der Waals surface area contributed by atoms with E-state index in [-0.39, 0.29) is 11.3 Å². The number of rotatable bonds is 3. The van der Waals surface area contributed by atoms with Gasteiger partial charge in [0.05, 0.1) is 28.8 Å². The molecule has 1 amide bonds. The van der Waals surface area contributed by atoms with Gasteiger partial charge < -0.3 is 15.6 Å². The van der Waals surface area contributed by atoms with Crippen molar-refractivity contribution >= 4 is 23.2 Å². The molecule has 21 heavy (non-hydrogen) atoms. The summed E-state index contributed by atoms with van der Waals surface area (Å²) in [6.45, 7) is 5.77. The number of halogens is 1. The van der Waals surface area contributed by atoms with Crippen LogP contribution in [0.5, 0.6) is 0 Å². The Labute approximate surface area is 129 Å². The minimum atomic E-state index is -0.618. The summed E-state index contributed by atoms with van der Waals surface area (Å²) in [6.07, 6.45) is 5.04. The second-order valence-electron chi connectivity index (χ2n) is 5.94. The number of nitrogens with zero attached hydrogens (tertiary/aromatic N) is 2. The summed E-state index contributed by atoms with van der Waals surface area (Å²) in [5, 5.41) is 3.37. The normalized spacial score (nSPS) is 13.0. The lowest BCUT2D eigenvalue weighted by Gasteiger charge is -2.26. The van der Waals surface area contributed by atoms with Gasteiger partial charge in [-0.2, -0.15) is 0 Å². The number of imidazole rings is 1. The standard InChI is InChI=1S/C15H19ClN4O/c1-15(2,3)13(17)14(21)19-11-6-4-5-10(16)12(11)20-8-7-18-9-20/h4-9,13H,17H2,1-3H3,(H,19,21)/t13-/m0/s1. The molecule has 0 aliphatic carbocycles. The lowest BCUT2D eigenvalue weighted by atomic mass is 9.87. The highest BCUT2D eigenvalue weighted by atomic mass is 35.5. The van der Waals surface area contributed by atoms with E-state index in [1.165, 1.54) is 0 Å². The van der Waals surface area contributed by atoms with E-state index in [9.17, 15) is 4.79 Å². The third kappa shape index (κ3) is 3.43. The van der Waals surface area contributed by atoms with E-state index in [4.69, 9.17) is 17.3 Å². The lowest BCUT2D eigenvalue weighted by Crippen LogP contribution is -2.45. The number of hydrogen-bond donors (Lipinski definition) is 2. The van der Waals surface area contributed by atoms with Gasteiger partial charge in [0.2, 0.25) is 5.91 Å². The summed E-state index contributed by atoms with van der Waals surface area (Å²) < 4.78 is 1.75. The van der Waals surface area contributed by atoms with Gasteiger partial charge >= 0.3 is 0 Å². The quantitative estimate of drug-likeness (QED) is 0.916. The molecule has 0 saturated heterocycles. The first-order valence-corrected chi connectivity index (χ1v) is 7.02. The van der Waals surface area contributed by atoms with Crippen LogP contribution in [0.4, 0.5) is 5.69 Å². The van der Waals surface area contributed by atoms with E-state index in [1.807, 2.05) is 20.8 Å². The van der Waals surface area contributed by atoms with E-state index in [1.54, 1.807) is 41.5 Å². The number of amides is 1. The topological polar surface area (TPSA) is 72.9 Å². The fraction of sp³-hybridized carbons (Fsp3) is 0.333. The Bertz CT molecular complexity index is 632. The van der Waals surface area contributed by atoms with Crippen LogP contribution in [0.1, 0.15) is 20.8 Å². The zero-order valence-corrected chi connectivity index (χ0v) is 13.1. The number of hydrogen-bond acceptors (Lipinski definition) is 3.